The molecule has 3 amide bonds. The van der Waals surface area contributed by atoms with Gasteiger partial charge in [0.2, 0.25) is 0 Å². The molecule has 2 aromatic carbocycles. The first-order valence-corrected chi connectivity index (χ1v) is 10.8. The number of anilines is 1. The number of nitrogens with zero attached hydrogens (tertiary/aromatic N) is 2. The molecule has 2 fully saturated rings. The van der Waals surface area contributed by atoms with Crippen molar-refractivity contribution in [3.8, 4) is 5.75 Å². The fourth-order valence-electron chi connectivity index (χ4n) is 4.23. The van der Waals surface area contributed by atoms with Crippen molar-refractivity contribution in [1.29, 1.82) is 0 Å². The number of hydrogen-bond donors (Lipinski definition) is 2. The number of methoxy groups -OCH3 is 1. The van der Waals surface area contributed by atoms with Crippen LogP contribution in [0.4, 0.5) is 10.5 Å². The zero-order valence-electron chi connectivity index (χ0n) is 17.2. The molecule has 2 aliphatic heterocycles. The summed E-state index contributed by atoms with van der Waals surface area (Å²) in [6.07, 6.45) is 0. The molecule has 0 saturated carbocycles. The number of quaternary nitrogens is 1. The van der Waals surface area contributed by atoms with E-state index in [1.807, 2.05) is 42.5 Å². The monoisotopic (exact) mass is 473 g/mol. The Balaban J connectivity index is 1.43. The number of rotatable bonds is 5. The fourth-order valence-corrected chi connectivity index (χ4v) is 4.91. The molecule has 30 heavy (non-hydrogen) atoms. The van der Waals surface area contributed by atoms with Crippen LogP contribution < -0.4 is 19.9 Å². The number of benzene rings is 2. The molecule has 8 heteroatoms. The van der Waals surface area contributed by atoms with E-state index in [2.05, 4.69) is 32.2 Å². The van der Waals surface area contributed by atoms with Gasteiger partial charge in [-0.05, 0) is 25.1 Å². The number of piperazine rings is 1. The van der Waals surface area contributed by atoms with Crippen LogP contribution in [0.5, 0.6) is 5.75 Å². The second kappa shape index (κ2) is 8.28. The van der Waals surface area contributed by atoms with Crippen molar-refractivity contribution in [1.82, 2.24) is 10.2 Å². The highest BCUT2D eigenvalue weighted by Crippen LogP contribution is 2.33. The highest BCUT2D eigenvalue weighted by atomic mass is 79.9. The van der Waals surface area contributed by atoms with Crippen molar-refractivity contribution in [3.05, 3.63) is 58.6 Å². The largest absolute Gasteiger partial charge is 0.495 e. The van der Waals surface area contributed by atoms with E-state index in [0.29, 0.717) is 6.67 Å². The summed E-state index contributed by atoms with van der Waals surface area (Å²) in [6.45, 7) is 5.47. The molecule has 2 N–H and O–H groups in total. The number of nitrogens with one attached hydrogen (secondary N) is 2. The van der Waals surface area contributed by atoms with Crippen LogP contribution in [0, 0.1) is 0 Å². The Hall–Kier alpha value is -2.58. The van der Waals surface area contributed by atoms with Crippen molar-refractivity contribution in [2.45, 2.75) is 12.5 Å². The molecule has 2 aliphatic rings. The molecule has 0 aromatic heterocycles. The summed E-state index contributed by atoms with van der Waals surface area (Å²) < 4.78 is 6.28. The second-order valence-corrected chi connectivity index (χ2v) is 8.69. The van der Waals surface area contributed by atoms with Crippen molar-refractivity contribution in [3.63, 3.8) is 0 Å². The Morgan fingerprint density at radius 2 is 1.77 bits per heavy atom. The quantitative estimate of drug-likeness (QED) is 0.647. The van der Waals surface area contributed by atoms with Crippen molar-refractivity contribution in [2.24, 2.45) is 0 Å². The van der Waals surface area contributed by atoms with Gasteiger partial charge < -0.3 is 19.9 Å². The first-order chi connectivity index (χ1) is 14.4. The van der Waals surface area contributed by atoms with Crippen LogP contribution in [0.1, 0.15) is 12.5 Å². The number of hydrogen-bond acceptors (Lipinski definition) is 4. The van der Waals surface area contributed by atoms with Crippen LogP contribution in [0.15, 0.2) is 53.0 Å². The maximum Gasteiger partial charge on any atom is 0.329 e. The molecule has 2 aromatic rings. The van der Waals surface area contributed by atoms with E-state index in [1.165, 1.54) is 9.80 Å². The zero-order valence-corrected chi connectivity index (χ0v) is 18.7. The van der Waals surface area contributed by atoms with Crippen LogP contribution in [-0.4, -0.2) is 56.8 Å². The Morgan fingerprint density at radius 3 is 2.47 bits per heavy atom. The summed E-state index contributed by atoms with van der Waals surface area (Å²) in [6, 6.07) is 15.2. The highest BCUT2D eigenvalue weighted by molar-refractivity contribution is 9.10. The van der Waals surface area contributed by atoms with E-state index in [-0.39, 0.29) is 11.9 Å². The summed E-state index contributed by atoms with van der Waals surface area (Å²) >= 11 is 3.50. The average molecular weight is 474 g/mol. The van der Waals surface area contributed by atoms with E-state index in [0.717, 1.165) is 47.7 Å². The summed E-state index contributed by atoms with van der Waals surface area (Å²) in [5.41, 5.74) is 0.785. The van der Waals surface area contributed by atoms with Gasteiger partial charge >= 0.3 is 6.03 Å². The number of urea groups is 1. The van der Waals surface area contributed by atoms with Crippen LogP contribution in [0.3, 0.4) is 0 Å². The van der Waals surface area contributed by atoms with Gasteiger partial charge in [-0.2, -0.15) is 0 Å². The lowest BCUT2D eigenvalue weighted by molar-refractivity contribution is -0.907. The molecule has 0 radical (unpaired) electrons. The van der Waals surface area contributed by atoms with Gasteiger partial charge in [-0.25, -0.2) is 9.69 Å². The highest BCUT2D eigenvalue weighted by Gasteiger charge is 2.51. The normalized spacial score (nSPS) is 22.4. The lowest BCUT2D eigenvalue weighted by atomic mass is 9.92. The van der Waals surface area contributed by atoms with Gasteiger partial charge in [-0.3, -0.25) is 4.79 Å². The molecule has 1 atom stereocenters. The van der Waals surface area contributed by atoms with Crippen LogP contribution in [0.25, 0.3) is 0 Å². The van der Waals surface area contributed by atoms with Crippen LogP contribution in [-0.2, 0) is 10.3 Å². The number of ether oxygens (including phenoxy) is 1. The summed E-state index contributed by atoms with van der Waals surface area (Å²) in [5, 5.41) is 2.89. The van der Waals surface area contributed by atoms with Crippen molar-refractivity contribution < 1.29 is 19.2 Å². The fraction of sp³-hybridized carbons (Fsp3) is 0.364. The van der Waals surface area contributed by atoms with Gasteiger partial charge in [0.25, 0.3) is 5.91 Å². The van der Waals surface area contributed by atoms with Gasteiger partial charge in [0.1, 0.15) is 11.3 Å². The lowest BCUT2D eigenvalue weighted by Gasteiger charge is -2.35. The maximum absolute atomic E-state index is 13.2. The standard InChI is InChI=1S/C22H25BrN4O3/c1-22(16-7-3-4-8-17(16)23)20(28)27(21(29)24-22)15-25-11-13-26(14-12-25)18-9-5-6-10-19(18)30-2/h3-10H,11-15H2,1-2H3,(H,24,29)/p+1/t22-/m1/s1. The van der Waals surface area contributed by atoms with E-state index in [1.54, 1.807) is 14.0 Å². The SMILES string of the molecule is COc1ccccc1N1CC[NH+](CN2C(=O)N[C@](C)(c3ccccc3Br)C2=O)CC1. The molecular weight excluding hydrogens is 448 g/mol. The maximum atomic E-state index is 13.2. The Morgan fingerprint density at radius 1 is 1.10 bits per heavy atom. The molecule has 158 valence electrons. The first kappa shape index (κ1) is 20.7. The van der Waals surface area contributed by atoms with Gasteiger partial charge in [0, 0.05) is 10.0 Å². The molecule has 4 rings (SSSR count). The molecular formula is C22H26BrN4O3+. The molecule has 0 bridgehead atoms. The lowest BCUT2D eigenvalue weighted by Crippen LogP contribution is -3.16. The molecule has 2 saturated heterocycles. The van der Waals surface area contributed by atoms with Gasteiger partial charge in [0.15, 0.2) is 6.67 Å². The number of carbonyl (C=O) groups is 2. The van der Waals surface area contributed by atoms with Crippen LogP contribution in [0.2, 0.25) is 0 Å². The predicted octanol–water partition coefficient (Wildman–Crippen LogP) is 1.59. The third-order valence-corrected chi connectivity index (χ3v) is 6.66. The Bertz CT molecular complexity index is 961. The third-order valence-electron chi connectivity index (χ3n) is 5.97. The summed E-state index contributed by atoms with van der Waals surface area (Å²) in [4.78, 5) is 30.7. The number of halogens is 1. The molecule has 0 spiro atoms. The number of amides is 3. The van der Waals surface area contributed by atoms with E-state index in [4.69, 9.17) is 4.74 Å². The van der Waals surface area contributed by atoms with E-state index >= 15 is 0 Å². The predicted molar refractivity (Wildman–Crippen MR) is 118 cm³/mol. The summed E-state index contributed by atoms with van der Waals surface area (Å²) in [5.74, 6) is 0.651. The third kappa shape index (κ3) is 3.65. The average Bonchev–Trinajstić information content (AvgIpc) is 2.98. The molecule has 0 unspecified atom stereocenters. The Kier molecular flexibility index (Phi) is 5.71. The van der Waals surface area contributed by atoms with Crippen LogP contribution >= 0.6 is 15.9 Å². The smallest absolute Gasteiger partial charge is 0.329 e. The molecule has 7 nitrogen and oxygen atoms in total. The topological polar surface area (TPSA) is 66.3 Å². The minimum Gasteiger partial charge on any atom is -0.495 e. The van der Waals surface area contributed by atoms with Crippen molar-refractivity contribution in [2.75, 3.05) is 44.9 Å². The van der Waals surface area contributed by atoms with Gasteiger partial charge in [-0.15, -0.1) is 0 Å². The number of para-hydroxylation sites is 2. The first-order valence-electron chi connectivity index (χ1n) is 10.0. The number of imide groups is 1. The summed E-state index contributed by atoms with van der Waals surface area (Å²) in [7, 11) is 1.68. The molecule has 2 heterocycles. The second-order valence-electron chi connectivity index (χ2n) is 7.84. The van der Waals surface area contributed by atoms with E-state index in [9.17, 15) is 9.59 Å². The van der Waals surface area contributed by atoms with Crippen molar-refractivity contribution >= 4 is 33.6 Å². The minimum absolute atomic E-state index is 0.209. The van der Waals surface area contributed by atoms with Gasteiger partial charge in [-0.1, -0.05) is 46.3 Å². The zero-order chi connectivity index (χ0) is 21.3. The number of carbonyl (C=O) groups excluding carboxylic acids is 2. The molecule has 0 aliphatic carbocycles. The van der Waals surface area contributed by atoms with Gasteiger partial charge in [0.05, 0.1) is 39.0 Å². The van der Waals surface area contributed by atoms with E-state index < -0.39 is 5.54 Å². The Labute approximate surface area is 184 Å². The minimum atomic E-state index is -1.06.